The normalized spacial score (nSPS) is 20.6. The first-order valence-electron chi connectivity index (χ1n) is 5.42. The van der Waals surface area contributed by atoms with Crippen molar-refractivity contribution in [3.05, 3.63) is 17.7 Å². The van der Waals surface area contributed by atoms with Gasteiger partial charge in [0, 0.05) is 19.2 Å². The lowest BCUT2D eigenvalue weighted by atomic mass is 10.3. The number of hydrogen-bond donors (Lipinski definition) is 1. The molecular weight excluding hydrogens is 224 g/mol. The van der Waals surface area contributed by atoms with Crippen molar-refractivity contribution in [2.75, 3.05) is 19.7 Å². The van der Waals surface area contributed by atoms with Crippen LogP contribution in [0.5, 0.6) is 0 Å². The molecule has 3 heterocycles. The van der Waals surface area contributed by atoms with E-state index in [-0.39, 0.29) is 6.10 Å². The predicted octanol–water partition coefficient (Wildman–Crippen LogP) is 0.694. The topological polar surface area (TPSA) is 86.2 Å². The molecule has 1 aliphatic heterocycles. The van der Waals surface area contributed by atoms with Crippen molar-refractivity contribution in [3.63, 3.8) is 0 Å². The minimum Gasteiger partial charge on any atom is -0.367 e. The Kier molecular flexibility index (Phi) is 2.62. The van der Waals surface area contributed by atoms with E-state index in [2.05, 4.69) is 20.6 Å². The number of rotatable bonds is 2. The van der Waals surface area contributed by atoms with E-state index in [1.54, 1.807) is 6.07 Å². The third-order valence-electron chi connectivity index (χ3n) is 2.50. The van der Waals surface area contributed by atoms with Gasteiger partial charge in [-0.1, -0.05) is 10.3 Å². The van der Waals surface area contributed by atoms with Crippen molar-refractivity contribution >= 4 is 0 Å². The summed E-state index contributed by atoms with van der Waals surface area (Å²) in [6.07, 6.45) is -0.158. The summed E-state index contributed by atoms with van der Waals surface area (Å²) < 4.78 is 15.6. The van der Waals surface area contributed by atoms with Gasteiger partial charge in [0.2, 0.25) is 5.82 Å². The maximum absolute atomic E-state index is 5.53. The minimum absolute atomic E-state index is 0.158. The Morgan fingerprint density at radius 2 is 2.29 bits per heavy atom. The Labute approximate surface area is 97.1 Å². The lowest BCUT2D eigenvalue weighted by molar-refractivity contribution is 0.0208. The lowest BCUT2D eigenvalue weighted by Crippen LogP contribution is -2.33. The van der Waals surface area contributed by atoms with Crippen LogP contribution in [0.1, 0.15) is 17.7 Å². The van der Waals surface area contributed by atoms with Crippen molar-refractivity contribution in [2.45, 2.75) is 13.0 Å². The van der Waals surface area contributed by atoms with Crippen molar-refractivity contribution in [2.24, 2.45) is 0 Å². The van der Waals surface area contributed by atoms with Crippen molar-refractivity contribution in [1.82, 2.24) is 20.6 Å². The number of nitrogens with zero attached hydrogens (tertiary/aromatic N) is 3. The zero-order chi connectivity index (χ0) is 11.7. The molecule has 0 aromatic carbocycles. The molecule has 1 N–H and O–H groups in total. The van der Waals surface area contributed by atoms with E-state index in [9.17, 15) is 0 Å². The Morgan fingerprint density at radius 3 is 3.00 bits per heavy atom. The van der Waals surface area contributed by atoms with E-state index in [4.69, 9.17) is 13.8 Å². The van der Waals surface area contributed by atoms with E-state index < -0.39 is 0 Å². The third-order valence-corrected chi connectivity index (χ3v) is 2.50. The van der Waals surface area contributed by atoms with Gasteiger partial charge >= 0.3 is 0 Å². The van der Waals surface area contributed by atoms with Gasteiger partial charge in [-0.25, -0.2) is 0 Å². The fraction of sp³-hybridized carbons (Fsp3) is 0.500. The van der Waals surface area contributed by atoms with Crippen LogP contribution in [0.4, 0.5) is 0 Å². The van der Waals surface area contributed by atoms with Crippen LogP contribution >= 0.6 is 0 Å². The molecule has 2 aromatic rings. The van der Waals surface area contributed by atoms with E-state index in [0.29, 0.717) is 36.3 Å². The quantitative estimate of drug-likeness (QED) is 0.820. The molecule has 3 rings (SSSR count). The van der Waals surface area contributed by atoms with E-state index in [0.717, 1.165) is 6.54 Å². The Bertz CT molecular complexity index is 501. The van der Waals surface area contributed by atoms with Gasteiger partial charge in [0.05, 0.1) is 6.61 Å². The van der Waals surface area contributed by atoms with Crippen LogP contribution < -0.4 is 5.32 Å². The summed E-state index contributed by atoms with van der Waals surface area (Å²) in [6, 6.07) is 1.75. The fourth-order valence-corrected chi connectivity index (χ4v) is 1.67. The largest absolute Gasteiger partial charge is 0.367 e. The Hall–Kier alpha value is -1.73. The second-order valence-electron chi connectivity index (χ2n) is 3.84. The fourth-order valence-electron chi connectivity index (χ4n) is 1.67. The first-order valence-corrected chi connectivity index (χ1v) is 5.42. The summed E-state index contributed by atoms with van der Waals surface area (Å²) in [4.78, 5) is 4.25. The summed E-state index contributed by atoms with van der Waals surface area (Å²) in [5.74, 6) is 1.59. The lowest BCUT2D eigenvalue weighted by Gasteiger charge is -2.20. The smallest absolute Gasteiger partial charge is 0.280 e. The van der Waals surface area contributed by atoms with Crippen molar-refractivity contribution in [1.29, 1.82) is 0 Å². The van der Waals surface area contributed by atoms with Gasteiger partial charge in [-0.2, -0.15) is 4.98 Å². The summed E-state index contributed by atoms with van der Waals surface area (Å²) >= 11 is 0. The molecule has 17 heavy (non-hydrogen) atoms. The summed E-state index contributed by atoms with van der Waals surface area (Å²) in [5.41, 5.74) is 0.546. The summed E-state index contributed by atoms with van der Waals surface area (Å²) in [7, 11) is 0. The van der Waals surface area contributed by atoms with Crippen LogP contribution in [-0.2, 0) is 4.74 Å². The third kappa shape index (κ3) is 2.06. The van der Waals surface area contributed by atoms with Crippen LogP contribution in [0.25, 0.3) is 11.6 Å². The molecule has 1 unspecified atom stereocenters. The van der Waals surface area contributed by atoms with Gasteiger partial charge in [0.15, 0.2) is 5.69 Å². The van der Waals surface area contributed by atoms with E-state index in [1.165, 1.54) is 0 Å². The summed E-state index contributed by atoms with van der Waals surface area (Å²) in [5, 5.41) is 10.9. The molecule has 7 heteroatoms. The second kappa shape index (κ2) is 4.27. The summed E-state index contributed by atoms with van der Waals surface area (Å²) in [6.45, 7) is 4.00. The van der Waals surface area contributed by atoms with Crippen LogP contribution in [0, 0.1) is 6.92 Å². The molecule has 0 saturated carbocycles. The van der Waals surface area contributed by atoms with E-state index >= 15 is 0 Å². The predicted molar refractivity (Wildman–Crippen MR) is 56.1 cm³/mol. The molecule has 7 nitrogen and oxygen atoms in total. The molecule has 0 spiro atoms. The molecule has 1 fully saturated rings. The Balaban J connectivity index is 1.82. The Morgan fingerprint density at radius 1 is 1.35 bits per heavy atom. The maximum atomic E-state index is 5.53. The zero-order valence-electron chi connectivity index (χ0n) is 9.34. The van der Waals surface area contributed by atoms with Gasteiger partial charge < -0.3 is 19.1 Å². The molecule has 0 amide bonds. The van der Waals surface area contributed by atoms with Crippen LogP contribution in [-0.4, -0.2) is 35.0 Å². The highest BCUT2D eigenvalue weighted by Gasteiger charge is 2.22. The molecule has 2 aromatic heterocycles. The maximum Gasteiger partial charge on any atom is 0.280 e. The van der Waals surface area contributed by atoms with Gasteiger partial charge in [0.25, 0.3) is 5.89 Å². The average Bonchev–Trinajstić information content (AvgIpc) is 2.98. The number of aryl methyl sites for hydroxylation is 1. The number of ether oxygens (including phenoxy) is 1. The molecule has 1 saturated heterocycles. The zero-order valence-corrected chi connectivity index (χ0v) is 9.34. The van der Waals surface area contributed by atoms with Crippen LogP contribution in [0.2, 0.25) is 0 Å². The standard InChI is InChI=1S/C10H12N4O3/c1-6-4-7(13-16-6)10-12-9(14-17-10)8-5-11-2-3-15-8/h4,8,11H,2-3,5H2,1H3. The SMILES string of the molecule is Cc1cc(-c2nc(C3CNCCO3)no2)no1. The average molecular weight is 236 g/mol. The molecule has 90 valence electrons. The number of aromatic nitrogens is 3. The van der Waals surface area contributed by atoms with Gasteiger partial charge in [-0.15, -0.1) is 0 Å². The number of morpholine rings is 1. The molecule has 1 aliphatic rings. The first-order chi connectivity index (χ1) is 8.33. The second-order valence-corrected chi connectivity index (χ2v) is 3.84. The molecule has 0 radical (unpaired) electrons. The van der Waals surface area contributed by atoms with Crippen molar-refractivity contribution < 1.29 is 13.8 Å². The minimum atomic E-state index is -0.158. The van der Waals surface area contributed by atoms with Crippen molar-refractivity contribution in [3.8, 4) is 11.6 Å². The molecule has 0 bridgehead atoms. The highest BCUT2D eigenvalue weighted by atomic mass is 16.5. The van der Waals surface area contributed by atoms with Gasteiger partial charge in [-0.05, 0) is 6.92 Å². The molecule has 1 atom stereocenters. The molecular formula is C10H12N4O3. The molecule has 0 aliphatic carbocycles. The highest BCUT2D eigenvalue weighted by molar-refractivity contribution is 5.45. The van der Waals surface area contributed by atoms with Gasteiger partial charge in [0.1, 0.15) is 11.9 Å². The highest BCUT2D eigenvalue weighted by Crippen LogP contribution is 2.21. The van der Waals surface area contributed by atoms with Gasteiger partial charge in [-0.3, -0.25) is 0 Å². The monoisotopic (exact) mass is 236 g/mol. The van der Waals surface area contributed by atoms with E-state index in [1.807, 2.05) is 6.92 Å². The number of hydrogen-bond acceptors (Lipinski definition) is 7. The van der Waals surface area contributed by atoms with Crippen LogP contribution in [0.3, 0.4) is 0 Å². The number of nitrogens with one attached hydrogen (secondary N) is 1. The van der Waals surface area contributed by atoms with Crippen LogP contribution in [0.15, 0.2) is 15.1 Å². The first kappa shape index (κ1) is 10.4.